The second-order valence-corrected chi connectivity index (χ2v) is 4.61. The molecule has 0 fully saturated rings. The van der Waals surface area contributed by atoms with E-state index >= 15 is 0 Å². The Morgan fingerprint density at radius 3 is 2.55 bits per heavy atom. The van der Waals surface area contributed by atoms with E-state index in [9.17, 15) is 4.79 Å². The molecular formula is C17H15NO2. The summed E-state index contributed by atoms with van der Waals surface area (Å²) in [7, 11) is 0. The maximum absolute atomic E-state index is 10.3. The summed E-state index contributed by atoms with van der Waals surface area (Å²) in [6, 6.07) is 18.5. The highest BCUT2D eigenvalue weighted by atomic mass is 16.5. The Morgan fingerprint density at radius 2 is 1.75 bits per heavy atom. The molecule has 3 rings (SSSR count). The van der Waals surface area contributed by atoms with Crippen molar-refractivity contribution in [2.75, 3.05) is 6.61 Å². The summed E-state index contributed by atoms with van der Waals surface area (Å²) in [5.74, 6) is 0. The van der Waals surface area contributed by atoms with Crippen LogP contribution in [0.1, 0.15) is 5.69 Å². The van der Waals surface area contributed by atoms with Crippen LogP contribution in [0.3, 0.4) is 0 Å². The molecule has 0 saturated heterocycles. The summed E-state index contributed by atoms with van der Waals surface area (Å²) in [4.78, 5) is 13.7. The Bertz CT molecular complexity index is 716. The highest BCUT2D eigenvalue weighted by molar-refractivity contribution is 5.97. The number of carbonyl (C=O) groups excluding carboxylic acids is 1. The standard InChI is InChI=1S/C17H15NO2/c19-12-20-11-10-16-17(13-6-2-1-3-7-13)14-8-4-5-9-15(14)18-16/h1-9,12,18H,10-11H2. The number of nitrogens with one attached hydrogen (secondary N) is 1. The normalized spacial score (nSPS) is 10.6. The first kappa shape index (κ1) is 12.5. The SMILES string of the molecule is O=COCCc1[nH]c2ccccc2c1-c1ccccc1. The number of aromatic nitrogens is 1. The summed E-state index contributed by atoms with van der Waals surface area (Å²) in [6.45, 7) is 0.876. The number of rotatable bonds is 5. The van der Waals surface area contributed by atoms with Crippen molar-refractivity contribution < 1.29 is 9.53 Å². The summed E-state index contributed by atoms with van der Waals surface area (Å²) >= 11 is 0. The van der Waals surface area contributed by atoms with Crippen molar-refractivity contribution in [1.82, 2.24) is 4.98 Å². The van der Waals surface area contributed by atoms with Gasteiger partial charge >= 0.3 is 0 Å². The minimum atomic E-state index is 0.385. The van der Waals surface area contributed by atoms with Crippen LogP contribution in [0.25, 0.3) is 22.0 Å². The molecule has 0 aliphatic rings. The van der Waals surface area contributed by atoms with E-state index in [1.54, 1.807) is 0 Å². The summed E-state index contributed by atoms with van der Waals surface area (Å²) in [6.07, 6.45) is 0.678. The lowest BCUT2D eigenvalue weighted by Crippen LogP contribution is -1.98. The smallest absolute Gasteiger partial charge is 0.293 e. The van der Waals surface area contributed by atoms with Crippen molar-refractivity contribution in [2.24, 2.45) is 0 Å². The minimum Gasteiger partial charge on any atom is -0.467 e. The molecule has 0 aliphatic carbocycles. The first-order chi connectivity index (χ1) is 9.90. The average Bonchev–Trinajstić information content (AvgIpc) is 2.86. The fourth-order valence-electron chi connectivity index (χ4n) is 2.53. The maximum Gasteiger partial charge on any atom is 0.293 e. The van der Waals surface area contributed by atoms with Gasteiger partial charge in [-0.15, -0.1) is 0 Å². The Hall–Kier alpha value is -2.55. The molecule has 20 heavy (non-hydrogen) atoms. The zero-order chi connectivity index (χ0) is 13.8. The van der Waals surface area contributed by atoms with Gasteiger partial charge in [-0.05, 0) is 11.6 Å². The largest absolute Gasteiger partial charge is 0.467 e. The number of aromatic amines is 1. The van der Waals surface area contributed by atoms with Gasteiger partial charge in [-0.2, -0.15) is 0 Å². The molecule has 1 heterocycles. The number of benzene rings is 2. The van der Waals surface area contributed by atoms with Gasteiger partial charge in [0, 0.05) is 28.6 Å². The van der Waals surface area contributed by atoms with Crippen molar-refractivity contribution in [3.8, 4) is 11.1 Å². The first-order valence-electron chi connectivity index (χ1n) is 6.60. The molecule has 0 amide bonds. The molecule has 2 aromatic carbocycles. The Labute approximate surface area is 117 Å². The quantitative estimate of drug-likeness (QED) is 0.566. The summed E-state index contributed by atoms with van der Waals surface area (Å²) < 4.78 is 4.82. The van der Waals surface area contributed by atoms with Crippen LogP contribution in [-0.4, -0.2) is 18.1 Å². The lowest BCUT2D eigenvalue weighted by atomic mass is 10.0. The summed E-state index contributed by atoms with van der Waals surface area (Å²) in [5, 5.41) is 1.19. The van der Waals surface area contributed by atoms with Crippen molar-refractivity contribution in [2.45, 2.75) is 6.42 Å². The van der Waals surface area contributed by atoms with Gasteiger partial charge in [0.25, 0.3) is 6.47 Å². The Kier molecular flexibility index (Phi) is 3.50. The lowest BCUT2D eigenvalue weighted by molar-refractivity contribution is -0.128. The van der Waals surface area contributed by atoms with Crippen LogP contribution in [0.5, 0.6) is 0 Å². The first-order valence-corrected chi connectivity index (χ1v) is 6.60. The second-order valence-electron chi connectivity index (χ2n) is 4.61. The Balaban J connectivity index is 2.11. The molecule has 0 radical (unpaired) electrons. The van der Waals surface area contributed by atoms with Crippen molar-refractivity contribution in [1.29, 1.82) is 0 Å². The van der Waals surface area contributed by atoms with E-state index in [4.69, 9.17) is 4.74 Å². The van der Waals surface area contributed by atoms with E-state index in [1.165, 1.54) is 16.5 Å². The van der Waals surface area contributed by atoms with E-state index < -0.39 is 0 Å². The van der Waals surface area contributed by atoms with E-state index in [1.807, 2.05) is 30.3 Å². The van der Waals surface area contributed by atoms with Gasteiger partial charge in [-0.3, -0.25) is 4.79 Å². The molecule has 3 aromatic rings. The predicted octanol–water partition coefficient (Wildman–Crippen LogP) is 3.55. The fourth-order valence-corrected chi connectivity index (χ4v) is 2.53. The summed E-state index contributed by atoms with van der Waals surface area (Å²) in [5.41, 5.74) is 4.56. The molecule has 0 unspecified atom stereocenters. The van der Waals surface area contributed by atoms with Crippen molar-refractivity contribution >= 4 is 17.4 Å². The molecule has 0 saturated carbocycles. The number of H-pyrrole nitrogens is 1. The molecule has 1 N–H and O–H groups in total. The number of carbonyl (C=O) groups is 1. The predicted molar refractivity (Wildman–Crippen MR) is 79.5 cm³/mol. The molecule has 100 valence electrons. The Morgan fingerprint density at radius 1 is 1.00 bits per heavy atom. The van der Waals surface area contributed by atoms with Gasteiger partial charge in [0.2, 0.25) is 0 Å². The zero-order valence-corrected chi connectivity index (χ0v) is 11.0. The van der Waals surface area contributed by atoms with Gasteiger partial charge in [0.1, 0.15) is 0 Å². The molecular weight excluding hydrogens is 250 g/mol. The number of para-hydroxylation sites is 1. The lowest BCUT2D eigenvalue weighted by Gasteiger charge is -2.04. The van der Waals surface area contributed by atoms with Crippen molar-refractivity contribution in [3.05, 3.63) is 60.3 Å². The molecule has 1 aromatic heterocycles. The second kappa shape index (κ2) is 5.61. The highest BCUT2D eigenvalue weighted by Gasteiger charge is 2.12. The fraction of sp³-hybridized carbons (Fsp3) is 0.118. The molecule has 0 aliphatic heterocycles. The van der Waals surface area contributed by atoms with Gasteiger partial charge < -0.3 is 9.72 Å². The van der Waals surface area contributed by atoms with E-state index in [0.717, 1.165) is 11.2 Å². The molecule has 0 bridgehead atoms. The van der Waals surface area contributed by atoms with Crippen LogP contribution >= 0.6 is 0 Å². The van der Waals surface area contributed by atoms with Crippen LogP contribution in [-0.2, 0) is 16.0 Å². The van der Waals surface area contributed by atoms with E-state index in [-0.39, 0.29) is 0 Å². The third-order valence-corrected chi connectivity index (χ3v) is 3.38. The molecule has 0 spiro atoms. The number of hydrogen-bond donors (Lipinski definition) is 1. The molecule has 3 nitrogen and oxygen atoms in total. The van der Waals surface area contributed by atoms with Crippen LogP contribution in [0.15, 0.2) is 54.6 Å². The van der Waals surface area contributed by atoms with Crippen molar-refractivity contribution in [3.63, 3.8) is 0 Å². The third kappa shape index (κ3) is 2.30. The topological polar surface area (TPSA) is 42.1 Å². The maximum atomic E-state index is 10.3. The monoisotopic (exact) mass is 265 g/mol. The van der Waals surface area contributed by atoms with Gasteiger partial charge in [0.15, 0.2) is 0 Å². The van der Waals surface area contributed by atoms with Gasteiger partial charge in [-0.1, -0.05) is 48.5 Å². The average molecular weight is 265 g/mol. The number of fused-ring (bicyclic) bond motifs is 1. The van der Waals surface area contributed by atoms with E-state index in [0.29, 0.717) is 19.5 Å². The van der Waals surface area contributed by atoms with Crippen LogP contribution in [0.2, 0.25) is 0 Å². The minimum absolute atomic E-state index is 0.385. The molecule has 0 atom stereocenters. The third-order valence-electron chi connectivity index (χ3n) is 3.38. The van der Waals surface area contributed by atoms with E-state index in [2.05, 4.69) is 29.2 Å². The van der Waals surface area contributed by atoms with Crippen LogP contribution in [0.4, 0.5) is 0 Å². The molecule has 3 heteroatoms. The van der Waals surface area contributed by atoms with Gasteiger partial charge in [0.05, 0.1) is 6.61 Å². The van der Waals surface area contributed by atoms with Crippen LogP contribution in [0, 0.1) is 0 Å². The highest BCUT2D eigenvalue weighted by Crippen LogP contribution is 2.32. The number of ether oxygens (including phenoxy) is 1. The van der Waals surface area contributed by atoms with Crippen LogP contribution < -0.4 is 0 Å². The zero-order valence-electron chi connectivity index (χ0n) is 11.0. The van der Waals surface area contributed by atoms with Gasteiger partial charge in [-0.25, -0.2) is 0 Å². The number of hydrogen-bond acceptors (Lipinski definition) is 2.